The van der Waals surface area contributed by atoms with Crippen LogP contribution < -0.4 is 5.73 Å². The molecule has 90 valence electrons. The largest absolute Gasteiger partial charge is 0.500 e. The lowest BCUT2D eigenvalue weighted by Crippen LogP contribution is -2.42. The highest BCUT2D eigenvalue weighted by atomic mass is 28.4. The third-order valence-electron chi connectivity index (χ3n) is 2.71. The zero-order valence-corrected chi connectivity index (χ0v) is 11.4. The van der Waals surface area contributed by atoms with Crippen LogP contribution in [0.2, 0.25) is 6.04 Å². The number of rotatable bonds is 7. The molecule has 0 aromatic carbocycles. The van der Waals surface area contributed by atoms with Crippen LogP contribution in [0.4, 0.5) is 0 Å². The Kier molecular flexibility index (Phi) is 6.83. The van der Waals surface area contributed by atoms with Gasteiger partial charge in [0.1, 0.15) is 0 Å². The lowest BCUT2D eigenvalue weighted by molar-refractivity contribution is 0.123. The van der Waals surface area contributed by atoms with Gasteiger partial charge in [0.05, 0.1) is 0 Å². The summed E-state index contributed by atoms with van der Waals surface area (Å²) in [4.78, 5) is 0. The van der Waals surface area contributed by atoms with E-state index in [1.54, 1.807) is 21.3 Å². The Balaban J connectivity index is 4.34. The van der Waals surface area contributed by atoms with Gasteiger partial charge in [-0.25, -0.2) is 0 Å². The lowest BCUT2D eigenvalue weighted by atomic mass is 10.1. The molecule has 0 saturated heterocycles. The van der Waals surface area contributed by atoms with Crippen molar-refractivity contribution in [3.05, 3.63) is 11.3 Å². The summed E-state index contributed by atoms with van der Waals surface area (Å²) >= 11 is 0. The van der Waals surface area contributed by atoms with E-state index >= 15 is 0 Å². The normalized spacial score (nSPS) is 13.9. The van der Waals surface area contributed by atoms with E-state index in [2.05, 4.69) is 6.92 Å². The smallest absolute Gasteiger partial charge is 0.402 e. The van der Waals surface area contributed by atoms with E-state index in [1.807, 2.05) is 6.92 Å². The fraction of sp³-hybridized carbons (Fsp3) is 0.800. The SMILES string of the molecule is CCC(C)=C(N)CC[Si](OC)(OC)OC. The third kappa shape index (κ3) is 4.34. The molecule has 0 aromatic rings. The summed E-state index contributed by atoms with van der Waals surface area (Å²) in [5.74, 6) is 0. The molecule has 4 nitrogen and oxygen atoms in total. The van der Waals surface area contributed by atoms with Crippen LogP contribution in [-0.2, 0) is 13.3 Å². The molecular formula is C10H23NO3Si. The van der Waals surface area contributed by atoms with Gasteiger partial charge in [-0.1, -0.05) is 12.5 Å². The Bertz CT molecular complexity index is 206. The first-order valence-corrected chi connectivity index (χ1v) is 7.08. The van der Waals surface area contributed by atoms with Gasteiger partial charge in [0.15, 0.2) is 0 Å². The van der Waals surface area contributed by atoms with Crippen molar-refractivity contribution in [3.8, 4) is 0 Å². The standard InChI is InChI=1S/C10H23NO3Si/c1-6-9(2)10(11)7-8-15(12-3,13-4)14-5/h6-8,11H2,1-5H3. The van der Waals surface area contributed by atoms with Crippen molar-refractivity contribution in [2.75, 3.05) is 21.3 Å². The molecule has 0 aromatic heterocycles. The van der Waals surface area contributed by atoms with Gasteiger partial charge in [0, 0.05) is 33.1 Å². The second kappa shape index (κ2) is 7.00. The van der Waals surface area contributed by atoms with Crippen LogP contribution in [0.25, 0.3) is 0 Å². The molecule has 0 fully saturated rings. The molecule has 0 aliphatic carbocycles. The Hall–Kier alpha value is -0.363. The van der Waals surface area contributed by atoms with Gasteiger partial charge < -0.3 is 19.0 Å². The predicted molar refractivity (Wildman–Crippen MR) is 63.4 cm³/mol. The maximum Gasteiger partial charge on any atom is 0.500 e. The number of nitrogens with two attached hydrogens (primary N) is 1. The number of hydrogen-bond acceptors (Lipinski definition) is 4. The highest BCUT2D eigenvalue weighted by molar-refractivity contribution is 6.60. The Morgan fingerprint density at radius 2 is 1.60 bits per heavy atom. The molecule has 0 heterocycles. The molecule has 0 saturated carbocycles. The van der Waals surface area contributed by atoms with Crippen molar-refractivity contribution in [1.82, 2.24) is 0 Å². The molecule has 0 radical (unpaired) electrons. The van der Waals surface area contributed by atoms with Crippen molar-refractivity contribution in [2.45, 2.75) is 32.7 Å². The van der Waals surface area contributed by atoms with Crippen molar-refractivity contribution in [2.24, 2.45) is 5.73 Å². The van der Waals surface area contributed by atoms with Crippen molar-refractivity contribution in [3.63, 3.8) is 0 Å². The molecule has 0 spiro atoms. The van der Waals surface area contributed by atoms with Crippen molar-refractivity contribution >= 4 is 8.80 Å². The summed E-state index contributed by atoms with van der Waals surface area (Å²) < 4.78 is 15.9. The lowest BCUT2D eigenvalue weighted by Gasteiger charge is -2.24. The van der Waals surface area contributed by atoms with Crippen LogP contribution >= 0.6 is 0 Å². The molecule has 0 amide bonds. The second-order valence-corrected chi connectivity index (χ2v) is 6.55. The van der Waals surface area contributed by atoms with Crippen LogP contribution in [-0.4, -0.2) is 30.1 Å². The molecule has 5 heteroatoms. The maximum absolute atomic E-state index is 5.93. The summed E-state index contributed by atoms with van der Waals surface area (Å²) in [6.07, 6.45) is 1.74. The first kappa shape index (κ1) is 14.6. The molecule has 0 atom stereocenters. The second-order valence-electron chi connectivity index (χ2n) is 3.45. The zero-order valence-electron chi connectivity index (χ0n) is 10.4. The fourth-order valence-corrected chi connectivity index (χ4v) is 2.97. The predicted octanol–water partition coefficient (Wildman–Crippen LogP) is 1.90. The average Bonchev–Trinajstić information content (AvgIpc) is 2.30. The Morgan fingerprint density at radius 3 is 1.93 bits per heavy atom. The van der Waals surface area contributed by atoms with Crippen molar-refractivity contribution < 1.29 is 13.3 Å². The topological polar surface area (TPSA) is 53.7 Å². The van der Waals surface area contributed by atoms with Gasteiger partial charge in [-0.2, -0.15) is 0 Å². The molecule has 2 N–H and O–H groups in total. The molecular weight excluding hydrogens is 210 g/mol. The number of allylic oxidation sites excluding steroid dienone is 2. The van der Waals surface area contributed by atoms with Crippen LogP contribution in [0.3, 0.4) is 0 Å². The van der Waals surface area contributed by atoms with Crippen molar-refractivity contribution in [1.29, 1.82) is 0 Å². The molecule has 0 aliphatic rings. The van der Waals surface area contributed by atoms with E-state index in [9.17, 15) is 0 Å². The molecule has 0 unspecified atom stereocenters. The third-order valence-corrected chi connectivity index (χ3v) is 5.44. The van der Waals surface area contributed by atoms with Gasteiger partial charge in [0.2, 0.25) is 0 Å². The summed E-state index contributed by atoms with van der Waals surface area (Å²) in [6.45, 7) is 4.14. The average molecular weight is 233 g/mol. The minimum Gasteiger partial charge on any atom is -0.402 e. The minimum absolute atomic E-state index is 0.722. The Labute approximate surface area is 93.8 Å². The Morgan fingerprint density at radius 1 is 1.13 bits per heavy atom. The van der Waals surface area contributed by atoms with Gasteiger partial charge in [-0.15, -0.1) is 0 Å². The van der Waals surface area contributed by atoms with Gasteiger partial charge in [0.25, 0.3) is 0 Å². The van der Waals surface area contributed by atoms with Gasteiger partial charge in [-0.05, 0) is 19.8 Å². The van der Waals surface area contributed by atoms with E-state index in [0.717, 1.165) is 24.6 Å². The van der Waals surface area contributed by atoms with Crippen LogP contribution in [0.15, 0.2) is 11.3 Å². The zero-order chi connectivity index (χ0) is 11.9. The molecule has 0 bridgehead atoms. The van der Waals surface area contributed by atoms with E-state index in [0.29, 0.717) is 0 Å². The van der Waals surface area contributed by atoms with Crippen LogP contribution in [0, 0.1) is 0 Å². The summed E-state index contributed by atoms with van der Waals surface area (Å²) in [5, 5.41) is 0. The first-order chi connectivity index (χ1) is 7.05. The van der Waals surface area contributed by atoms with Crippen LogP contribution in [0.1, 0.15) is 26.7 Å². The van der Waals surface area contributed by atoms with Crippen LogP contribution in [0.5, 0.6) is 0 Å². The minimum atomic E-state index is -2.45. The molecule has 0 rings (SSSR count). The summed E-state index contributed by atoms with van der Waals surface area (Å²) in [5.41, 5.74) is 8.07. The fourth-order valence-electron chi connectivity index (χ4n) is 1.28. The van der Waals surface area contributed by atoms with E-state index in [4.69, 9.17) is 19.0 Å². The van der Waals surface area contributed by atoms with Gasteiger partial charge >= 0.3 is 8.80 Å². The summed E-state index contributed by atoms with van der Waals surface area (Å²) in [7, 11) is 2.40. The van der Waals surface area contributed by atoms with E-state index < -0.39 is 8.80 Å². The molecule has 15 heavy (non-hydrogen) atoms. The summed E-state index contributed by atoms with van der Waals surface area (Å²) in [6, 6.07) is 0.722. The molecule has 0 aliphatic heterocycles. The highest BCUT2D eigenvalue weighted by Crippen LogP contribution is 2.18. The van der Waals surface area contributed by atoms with Gasteiger partial charge in [-0.3, -0.25) is 0 Å². The monoisotopic (exact) mass is 233 g/mol. The van der Waals surface area contributed by atoms with E-state index in [1.165, 1.54) is 5.57 Å². The quantitative estimate of drug-likeness (QED) is 0.682. The van der Waals surface area contributed by atoms with E-state index in [-0.39, 0.29) is 0 Å². The maximum atomic E-state index is 5.93. The first-order valence-electron chi connectivity index (χ1n) is 5.14. The number of hydrogen-bond donors (Lipinski definition) is 1. The highest BCUT2D eigenvalue weighted by Gasteiger charge is 2.37.